The maximum atomic E-state index is 5.44. The summed E-state index contributed by atoms with van der Waals surface area (Å²) >= 11 is 0. The zero-order chi connectivity index (χ0) is 15.4. The van der Waals surface area contributed by atoms with E-state index in [2.05, 4.69) is 37.6 Å². The minimum atomic E-state index is 0.129. The zero-order valence-electron chi connectivity index (χ0n) is 14.1. The number of nitrogens with zero attached hydrogens (tertiary/aromatic N) is 1. The molecule has 1 N–H and O–H groups in total. The molecule has 0 aliphatic carbocycles. The van der Waals surface area contributed by atoms with Crippen LogP contribution < -0.4 is 5.32 Å². The molecule has 0 spiro atoms. The van der Waals surface area contributed by atoms with Crippen LogP contribution in [0.4, 0.5) is 0 Å². The summed E-state index contributed by atoms with van der Waals surface area (Å²) in [4.78, 5) is 2.35. The minimum absolute atomic E-state index is 0.129. The van der Waals surface area contributed by atoms with E-state index in [0.29, 0.717) is 0 Å². The minimum Gasteiger partial charge on any atom is -0.380 e. The SMILES string of the molecule is C=C(CNC(C)(C)C)CN(CCOCC)CCOCC. The Hall–Kier alpha value is -0.420. The van der Waals surface area contributed by atoms with E-state index >= 15 is 0 Å². The van der Waals surface area contributed by atoms with Gasteiger partial charge in [0.2, 0.25) is 0 Å². The molecule has 20 heavy (non-hydrogen) atoms. The van der Waals surface area contributed by atoms with Gasteiger partial charge in [0.15, 0.2) is 0 Å². The maximum Gasteiger partial charge on any atom is 0.0593 e. The number of nitrogens with one attached hydrogen (secondary N) is 1. The van der Waals surface area contributed by atoms with Gasteiger partial charge < -0.3 is 14.8 Å². The molecule has 0 saturated heterocycles. The molecule has 0 fully saturated rings. The van der Waals surface area contributed by atoms with E-state index in [-0.39, 0.29) is 5.54 Å². The van der Waals surface area contributed by atoms with Gasteiger partial charge in [0.25, 0.3) is 0 Å². The highest BCUT2D eigenvalue weighted by Crippen LogP contribution is 2.02. The molecule has 0 aromatic carbocycles. The second-order valence-electron chi connectivity index (χ2n) is 6.02. The highest BCUT2D eigenvalue weighted by Gasteiger charge is 2.11. The number of hydrogen-bond donors (Lipinski definition) is 1. The lowest BCUT2D eigenvalue weighted by Crippen LogP contribution is -2.40. The standard InChI is InChI=1S/C16H34N2O2/c1-7-19-11-9-18(10-12-20-8-2)14-15(3)13-17-16(4,5)6/h17H,3,7-14H2,1-2,4-6H3. The van der Waals surface area contributed by atoms with Crippen molar-refractivity contribution in [3.05, 3.63) is 12.2 Å². The van der Waals surface area contributed by atoms with Crippen molar-refractivity contribution >= 4 is 0 Å². The van der Waals surface area contributed by atoms with E-state index in [4.69, 9.17) is 9.47 Å². The number of rotatable bonds is 12. The normalized spacial score (nSPS) is 12.1. The van der Waals surface area contributed by atoms with Gasteiger partial charge >= 0.3 is 0 Å². The average Bonchev–Trinajstić information content (AvgIpc) is 2.36. The molecular formula is C16H34N2O2. The Morgan fingerprint density at radius 3 is 1.95 bits per heavy atom. The second kappa shape index (κ2) is 11.3. The van der Waals surface area contributed by atoms with Crippen molar-refractivity contribution in [2.24, 2.45) is 0 Å². The molecule has 0 aliphatic heterocycles. The third kappa shape index (κ3) is 12.6. The summed E-state index contributed by atoms with van der Waals surface area (Å²) in [5, 5.41) is 3.47. The topological polar surface area (TPSA) is 33.7 Å². The van der Waals surface area contributed by atoms with Crippen molar-refractivity contribution in [3.8, 4) is 0 Å². The predicted molar refractivity (Wildman–Crippen MR) is 86.3 cm³/mol. The van der Waals surface area contributed by atoms with Gasteiger partial charge in [0, 0.05) is 44.9 Å². The summed E-state index contributed by atoms with van der Waals surface area (Å²) in [6.45, 7) is 21.4. The van der Waals surface area contributed by atoms with Crippen LogP contribution in [0.2, 0.25) is 0 Å². The fourth-order valence-electron chi connectivity index (χ4n) is 1.71. The van der Waals surface area contributed by atoms with E-state index in [1.54, 1.807) is 0 Å². The fraction of sp³-hybridized carbons (Fsp3) is 0.875. The summed E-state index contributed by atoms with van der Waals surface area (Å²) in [5.74, 6) is 0. The Balaban J connectivity index is 4.06. The molecule has 0 rings (SSSR count). The molecule has 0 heterocycles. The van der Waals surface area contributed by atoms with E-state index < -0.39 is 0 Å². The van der Waals surface area contributed by atoms with Crippen LogP contribution in [-0.2, 0) is 9.47 Å². The van der Waals surface area contributed by atoms with Crippen molar-refractivity contribution in [1.29, 1.82) is 0 Å². The Kier molecular flexibility index (Phi) is 11.0. The van der Waals surface area contributed by atoms with Crippen LogP contribution in [0.15, 0.2) is 12.2 Å². The van der Waals surface area contributed by atoms with E-state index in [1.807, 2.05) is 13.8 Å². The van der Waals surface area contributed by atoms with Crippen LogP contribution >= 0.6 is 0 Å². The molecule has 4 heteroatoms. The molecule has 4 nitrogen and oxygen atoms in total. The van der Waals surface area contributed by atoms with Crippen LogP contribution in [-0.4, -0.2) is 63.0 Å². The molecule has 0 aliphatic rings. The first-order chi connectivity index (χ1) is 9.39. The van der Waals surface area contributed by atoms with Crippen molar-refractivity contribution in [3.63, 3.8) is 0 Å². The third-order valence-corrected chi connectivity index (χ3v) is 2.83. The van der Waals surface area contributed by atoms with Crippen molar-refractivity contribution < 1.29 is 9.47 Å². The third-order valence-electron chi connectivity index (χ3n) is 2.83. The summed E-state index contributed by atoms with van der Waals surface area (Å²) < 4.78 is 10.9. The maximum absolute atomic E-state index is 5.44. The van der Waals surface area contributed by atoms with Crippen LogP contribution in [0.5, 0.6) is 0 Å². The average molecular weight is 286 g/mol. The second-order valence-corrected chi connectivity index (χ2v) is 6.02. The van der Waals surface area contributed by atoms with Gasteiger partial charge in [-0.05, 0) is 40.2 Å². The van der Waals surface area contributed by atoms with Gasteiger partial charge in [-0.25, -0.2) is 0 Å². The highest BCUT2D eigenvalue weighted by molar-refractivity contribution is 5.01. The molecule has 0 unspecified atom stereocenters. The van der Waals surface area contributed by atoms with Gasteiger partial charge in [-0.2, -0.15) is 0 Å². The van der Waals surface area contributed by atoms with Crippen molar-refractivity contribution in [1.82, 2.24) is 10.2 Å². The highest BCUT2D eigenvalue weighted by atomic mass is 16.5. The Morgan fingerprint density at radius 1 is 1.05 bits per heavy atom. The van der Waals surface area contributed by atoms with Crippen molar-refractivity contribution in [2.45, 2.75) is 40.2 Å². The van der Waals surface area contributed by atoms with Gasteiger partial charge in [-0.15, -0.1) is 0 Å². The van der Waals surface area contributed by atoms with E-state index in [9.17, 15) is 0 Å². The van der Waals surface area contributed by atoms with Gasteiger partial charge in [0.1, 0.15) is 0 Å². The molecule has 0 saturated carbocycles. The summed E-state index contributed by atoms with van der Waals surface area (Å²) in [6, 6.07) is 0. The van der Waals surface area contributed by atoms with Gasteiger partial charge in [-0.3, -0.25) is 4.90 Å². The molecule has 0 amide bonds. The molecule has 0 atom stereocenters. The lowest BCUT2D eigenvalue weighted by atomic mass is 10.1. The summed E-state index contributed by atoms with van der Waals surface area (Å²) in [6.07, 6.45) is 0. The number of ether oxygens (including phenoxy) is 2. The lowest BCUT2D eigenvalue weighted by Gasteiger charge is -2.26. The zero-order valence-corrected chi connectivity index (χ0v) is 14.1. The predicted octanol–water partition coefficient (Wildman–Crippen LogP) is 2.31. The van der Waals surface area contributed by atoms with Crippen LogP contribution in [0, 0.1) is 0 Å². The first-order valence-electron chi connectivity index (χ1n) is 7.68. The Bertz CT molecular complexity index is 239. The molecule has 120 valence electrons. The molecular weight excluding hydrogens is 252 g/mol. The molecule has 0 aromatic heterocycles. The molecule has 0 radical (unpaired) electrons. The largest absolute Gasteiger partial charge is 0.380 e. The first kappa shape index (κ1) is 19.6. The summed E-state index contributed by atoms with van der Waals surface area (Å²) in [5.41, 5.74) is 1.33. The van der Waals surface area contributed by atoms with E-state index in [0.717, 1.165) is 52.6 Å². The quantitative estimate of drug-likeness (QED) is 0.441. The van der Waals surface area contributed by atoms with Gasteiger partial charge in [0.05, 0.1) is 13.2 Å². The monoisotopic (exact) mass is 286 g/mol. The smallest absolute Gasteiger partial charge is 0.0593 e. The van der Waals surface area contributed by atoms with Crippen molar-refractivity contribution in [2.75, 3.05) is 52.6 Å². The Morgan fingerprint density at radius 2 is 1.55 bits per heavy atom. The molecule has 0 aromatic rings. The summed E-state index contributed by atoms with van der Waals surface area (Å²) in [7, 11) is 0. The lowest BCUT2D eigenvalue weighted by molar-refractivity contribution is 0.0865. The Labute approximate surface area is 125 Å². The van der Waals surface area contributed by atoms with E-state index in [1.165, 1.54) is 5.57 Å². The van der Waals surface area contributed by atoms with Gasteiger partial charge in [-0.1, -0.05) is 6.58 Å². The fourth-order valence-corrected chi connectivity index (χ4v) is 1.71. The van der Waals surface area contributed by atoms with Crippen LogP contribution in [0.1, 0.15) is 34.6 Å². The van der Waals surface area contributed by atoms with Crippen LogP contribution in [0.3, 0.4) is 0 Å². The molecule has 0 bridgehead atoms. The first-order valence-corrected chi connectivity index (χ1v) is 7.68. The van der Waals surface area contributed by atoms with Crippen LogP contribution in [0.25, 0.3) is 0 Å². The number of hydrogen-bond acceptors (Lipinski definition) is 4.